The molecule has 0 atom stereocenters. The fourth-order valence-corrected chi connectivity index (χ4v) is 3.01. The molecule has 0 spiro atoms. The third-order valence-electron chi connectivity index (χ3n) is 4.42. The summed E-state index contributed by atoms with van der Waals surface area (Å²) >= 11 is 0. The van der Waals surface area contributed by atoms with E-state index in [0.717, 1.165) is 16.9 Å². The standard InChI is InChI=1S/C20H18FN5O/c1-13-14(12-23-26(13)18-9-5-2-6-15(18)21)20(27)22-11-10-19-24-16-7-3-4-8-17(16)25-19/h2-9,12H,10-11H2,1H3,(H,22,27)(H,24,25). The number of carbonyl (C=O) groups excluding carboxylic acids is 1. The first-order chi connectivity index (χ1) is 13.1. The Morgan fingerprint density at radius 2 is 1.96 bits per heavy atom. The van der Waals surface area contributed by atoms with E-state index in [0.29, 0.717) is 29.9 Å². The van der Waals surface area contributed by atoms with Gasteiger partial charge in [0.2, 0.25) is 0 Å². The van der Waals surface area contributed by atoms with Crippen molar-refractivity contribution in [2.24, 2.45) is 0 Å². The van der Waals surface area contributed by atoms with Gasteiger partial charge in [0, 0.05) is 13.0 Å². The molecule has 0 unspecified atom stereocenters. The largest absolute Gasteiger partial charge is 0.351 e. The summed E-state index contributed by atoms with van der Waals surface area (Å²) in [6.07, 6.45) is 2.04. The second-order valence-electron chi connectivity index (χ2n) is 6.21. The van der Waals surface area contributed by atoms with E-state index in [2.05, 4.69) is 20.4 Å². The van der Waals surface area contributed by atoms with Crippen molar-refractivity contribution in [3.05, 3.63) is 77.6 Å². The molecule has 6 nitrogen and oxygen atoms in total. The predicted molar refractivity (Wildman–Crippen MR) is 100 cm³/mol. The van der Waals surface area contributed by atoms with E-state index in [9.17, 15) is 9.18 Å². The van der Waals surface area contributed by atoms with Crippen LogP contribution in [0.5, 0.6) is 0 Å². The zero-order valence-corrected chi connectivity index (χ0v) is 14.7. The molecule has 0 saturated carbocycles. The van der Waals surface area contributed by atoms with Gasteiger partial charge in [0.25, 0.3) is 5.91 Å². The highest BCUT2D eigenvalue weighted by Gasteiger charge is 2.16. The van der Waals surface area contributed by atoms with Crippen molar-refractivity contribution in [3.8, 4) is 5.69 Å². The monoisotopic (exact) mass is 363 g/mol. The molecule has 0 fully saturated rings. The number of aromatic amines is 1. The molecule has 2 aromatic carbocycles. The lowest BCUT2D eigenvalue weighted by molar-refractivity contribution is 0.0953. The summed E-state index contributed by atoms with van der Waals surface area (Å²) in [5.74, 6) is 0.182. The molecular weight excluding hydrogens is 345 g/mol. The second-order valence-corrected chi connectivity index (χ2v) is 6.21. The van der Waals surface area contributed by atoms with Crippen molar-refractivity contribution < 1.29 is 9.18 Å². The van der Waals surface area contributed by atoms with Gasteiger partial charge in [0.15, 0.2) is 0 Å². The molecule has 4 aromatic rings. The quantitative estimate of drug-likeness (QED) is 0.572. The minimum absolute atomic E-state index is 0.244. The fraction of sp³-hybridized carbons (Fsp3) is 0.150. The molecule has 136 valence electrons. The Kier molecular flexibility index (Phi) is 4.42. The number of hydrogen-bond acceptors (Lipinski definition) is 3. The molecule has 0 radical (unpaired) electrons. The maximum absolute atomic E-state index is 14.0. The van der Waals surface area contributed by atoms with Gasteiger partial charge in [-0.2, -0.15) is 5.10 Å². The third kappa shape index (κ3) is 3.31. The predicted octanol–water partition coefficient (Wildman–Crippen LogP) is 3.17. The van der Waals surface area contributed by atoms with Crippen molar-refractivity contribution in [1.29, 1.82) is 0 Å². The molecule has 0 saturated heterocycles. The maximum atomic E-state index is 14.0. The Bertz CT molecular complexity index is 1080. The van der Waals surface area contributed by atoms with Crippen molar-refractivity contribution in [1.82, 2.24) is 25.1 Å². The van der Waals surface area contributed by atoms with Gasteiger partial charge in [-0.1, -0.05) is 24.3 Å². The molecule has 0 aliphatic carbocycles. The molecule has 0 aliphatic rings. The lowest BCUT2D eigenvalue weighted by atomic mass is 10.2. The number of fused-ring (bicyclic) bond motifs is 1. The average molecular weight is 363 g/mol. The first kappa shape index (κ1) is 17.0. The van der Waals surface area contributed by atoms with Crippen LogP contribution in [0.25, 0.3) is 16.7 Å². The Balaban J connectivity index is 1.43. The number of halogens is 1. The Morgan fingerprint density at radius 1 is 1.19 bits per heavy atom. The van der Waals surface area contributed by atoms with Crippen LogP contribution in [0.2, 0.25) is 0 Å². The van der Waals surface area contributed by atoms with Gasteiger partial charge < -0.3 is 10.3 Å². The van der Waals surface area contributed by atoms with Crippen LogP contribution < -0.4 is 5.32 Å². The number of aromatic nitrogens is 4. The number of nitrogens with one attached hydrogen (secondary N) is 2. The maximum Gasteiger partial charge on any atom is 0.254 e. The van der Waals surface area contributed by atoms with E-state index in [4.69, 9.17) is 0 Å². The number of rotatable bonds is 5. The normalized spacial score (nSPS) is 11.0. The van der Waals surface area contributed by atoms with E-state index in [1.165, 1.54) is 16.9 Å². The SMILES string of the molecule is Cc1c(C(=O)NCCc2nc3ccccc3[nH]2)cnn1-c1ccccc1F. The van der Waals surface area contributed by atoms with Gasteiger partial charge in [-0.25, -0.2) is 14.1 Å². The number of hydrogen-bond donors (Lipinski definition) is 2. The number of amides is 1. The molecule has 2 heterocycles. The molecular formula is C20H18FN5O. The van der Waals surface area contributed by atoms with Gasteiger partial charge in [-0.3, -0.25) is 4.79 Å². The zero-order valence-electron chi connectivity index (χ0n) is 14.7. The van der Waals surface area contributed by atoms with Crippen LogP contribution in [0.15, 0.2) is 54.7 Å². The van der Waals surface area contributed by atoms with Gasteiger partial charge in [0.1, 0.15) is 17.3 Å². The summed E-state index contributed by atoms with van der Waals surface area (Å²) in [7, 11) is 0. The molecule has 2 N–H and O–H groups in total. The summed E-state index contributed by atoms with van der Waals surface area (Å²) in [5, 5.41) is 7.03. The number of imidazole rings is 1. The minimum Gasteiger partial charge on any atom is -0.351 e. The van der Waals surface area contributed by atoms with Crippen LogP contribution in [-0.2, 0) is 6.42 Å². The van der Waals surface area contributed by atoms with Crippen molar-refractivity contribution in [2.75, 3.05) is 6.54 Å². The second kappa shape index (κ2) is 7.03. The Labute approximate surface area is 155 Å². The fourth-order valence-electron chi connectivity index (χ4n) is 3.01. The van der Waals surface area contributed by atoms with Crippen molar-refractivity contribution in [3.63, 3.8) is 0 Å². The Hall–Kier alpha value is -3.48. The average Bonchev–Trinajstić information content (AvgIpc) is 3.25. The topological polar surface area (TPSA) is 75.6 Å². The summed E-state index contributed by atoms with van der Waals surface area (Å²) < 4.78 is 15.4. The summed E-state index contributed by atoms with van der Waals surface area (Å²) in [6, 6.07) is 14.1. The van der Waals surface area contributed by atoms with Gasteiger partial charge in [0.05, 0.1) is 28.5 Å². The molecule has 1 amide bonds. The van der Waals surface area contributed by atoms with Gasteiger partial charge >= 0.3 is 0 Å². The zero-order chi connectivity index (χ0) is 18.8. The summed E-state index contributed by atoms with van der Waals surface area (Å²) in [5.41, 5.74) is 3.20. The van der Waals surface area contributed by atoms with Crippen LogP contribution in [0, 0.1) is 12.7 Å². The van der Waals surface area contributed by atoms with E-state index in [-0.39, 0.29) is 11.7 Å². The third-order valence-corrected chi connectivity index (χ3v) is 4.42. The molecule has 27 heavy (non-hydrogen) atoms. The summed E-state index contributed by atoms with van der Waals surface area (Å²) in [4.78, 5) is 20.2. The first-order valence-electron chi connectivity index (χ1n) is 8.65. The van der Waals surface area contributed by atoms with Gasteiger partial charge in [-0.15, -0.1) is 0 Å². The molecule has 0 aliphatic heterocycles. The van der Waals surface area contributed by atoms with Crippen LogP contribution in [0.3, 0.4) is 0 Å². The minimum atomic E-state index is -0.388. The lowest BCUT2D eigenvalue weighted by Crippen LogP contribution is -2.26. The highest BCUT2D eigenvalue weighted by atomic mass is 19.1. The van der Waals surface area contributed by atoms with Crippen LogP contribution in [0.1, 0.15) is 21.9 Å². The van der Waals surface area contributed by atoms with Crippen LogP contribution in [-0.4, -0.2) is 32.2 Å². The molecule has 4 rings (SSSR count). The number of para-hydroxylation sites is 3. The first-order valence-corrected chi connectivity index (χ1v) is 8.65. The van der Waals surface area contributed by atoms with E-state index < -0.39 is 0 Å². The molecule has 7 heteroatoms. The van der Waals surface area contributed by atoms with E-state index in [1.807, 2.05) is 24.3 Å². The highest BCUT2D eigenvalue weighted by molar-refractivity contribution is 5.95. The number of nitrogens with zero attached hydrogens (tertiary/aromatic N) is 3. The van der Waals surface area contributed by atoms with E-state index >= 15 is 0 Å². The number of benzene rings is 2. The summed E-state index contributed by atoms with van der Waals surface area (Å²) in [6.45, 7) is 2.18. The smallest absolute Gasteiger partial charge is 0.254 e. The highest BCUT2D eigenvalue weighted by Crippen LogP contribution is 2.17. The van der Waals surface area contributed by atoms with E-state index in [1.54, 1.807) is 25.1 Å². The van der Waals surface area contributed by atoms with Gasteiger partial charge in [-0.05, 0) is 31.2 Å². The number of H-pyrrole nitrogens is 1. The molecule has 0 bridgehead atoms. The Morgan fingerprint density at radius 3 is 2.78 bits per heavy atom. The van der Waals surface area contributed by atoms with Crippen LogP contribution in [0.4, 0.5) is 4.39 Å². The lowest BCUT2D eigenvalue weighted by Gasteiger charge is -2.07. The van der Waals surface area contributed by atoms with Crippen molar-refractivity contribution in [2.45, 2.75) is 13.3 Å². The number of carbonyl (C=O) groups is 1. The molecule has 2 aromatic heterocycles. The van der Waals surface area contributed by atoms with Crippen LogP contribution >= 0.6 is 0 Å². The van der Waals surface area contributed by atoms with Crippen molar-refractivity contribution >= 4 is 16.9 Å².